The van der Waals surface area contributed by atoms with E-state index in [1.54, 1.807) is 30.3 Å². The van der Waals surface area contributed by atoms with Gasteiger partial charge in [-0.3, -0.25) is 5.32 Å². The summed E-state index contributed by atoms with van der Waals surface area (Å²) in [5, 5.41) is 6.25. The van der Waals surface area contributed by atoms with Gasteiger partial charge in [-0.2, -0.15) is 26.3 Å². The second-order valence-corrected chi connectivity index (χ2v) is 5.72. The van der Waals surface area contributed by atoms with Gasteiger partial charge in [0.05, 0.1) is 5.56 Å². The number of halogens is 6. The number of nitrogens with zero attached hydrogens (tertiary/aromatic N) is 1. The second kappa shape index (κ2) is 8.91. The first kappa shape index (κ1) is 21.5. The van der Waals surface area contributed by atoms with Crippen LogP contribution in [-0.4, -0.2) is 29.8 Å². The molecule has 0 saturated heterocycles. The van der Waals surface area contributed by atoms with Gasteiger partial charge in [0.25, 0.3) is 0 Å². The fourth-order valence-corrected chi connectivity index (χ4v) is 2.17. The number of amides is 2. The van der Waals surface area contributed by atoms with Gasteiger partial charge in [-0.25, -0.2) is 9.78 Å². The summed E-state index contributed by atoms with van der Waals surface area (Å²) in [5.74, 6) is -0.437. The van der Waals surface area contributed by atoms with Crippen LogP contribution in [0.5, 0.6) is 0 Å². The molecule has 2 aromatic rings. The van der Waals surface area contributed by atoms with Crippen molar-refractivity contribution < 1.29 is 31.1 Å². The van der Waals surface area contributed by atoms with E-state index < -0.39 is 42.4 Å². The van der Waals surface area contributed by atoms with Crippen LogP contribution in [0, 0.1) is 0 Å². The number of nitrogens with one attached hydrogen (secondary N) is 3. The Bertz CT molecular complexity index is 779. The molecule has 28 heavy (non-hydrogen) atoms. The summed E-state index contributed by atoms with van der Waals surface area (Å²) in [5.41, 5.74) is -0.426. The fourth-order valence-electron chi connectivity index (χ4n) is 2.17. The highest BCUT2D eigenvalue weighted by Gasteiger charge is 2.39. The van der Waals surface area contributed by atoms with Crippen LogP contribution in [0.2, 0.25) is 0 Å². The number of hydrogen-bond donors (Lipinski definition) is 3. The van der Waals surface area contributed by atoms with Crippen LogP contribution >= 0.6 is 0 Å². The first-order chi connectivity index (χ1) is 13.1. The predicted molar refractivity (Wildman–Crippen MR) is 89.4 cm³/mol. The number of rotatable bonds is 6. The minimum Gasteiger partial charge on any atom is -0.336 e. The van der Waals surface area contributed by atoms with Gasteiger partial charge in [0.1, 0.15) is 11.9 Å². The molecular formula is C17H16F6N4O. The van der Waals surface area contributed by atoms with Crippen molar-refractivity contribution in [1.29, 1.82) is 0 Å². The van der Waals surface area contributed by atoms with Crippen LogP contribution in [0.15, 0.2) is 48.7 Å². The highest BCUT2D eigenvalue weighted by atomic mass is 19.4. The van der Waals surface area contributed by atoms with Gasteiger partial charge < -0.3 is 10.6 Å². The zero-order chi connectivity index (χ0) is 20.8. The molecule has 11 heteroatoms. The summed E-state index contributed by atoms with van der Waals surface area (Å²) in [6.45, 7) is -0.898. The Hall–Kier alpha value is -2.82. The van der Waals surface area contributed by atoms with Crippen molar-refractivity contribution in [3.8, 4) is 0 Å². The van der Waals surface area contributed by atoms with Crippen LogP contribution in [0.3, 0.4) is 0 Å². The minimum absolute atomic E-state index is 0.0799. The van der Waals surface area contributed by atoms with Crippen LogP contribution in [0.4, 0.5) is 37.0 Å². The molecule has 5 nitrogen and oxygen atoms in total. The molecule has 0 aliphatic heterocycles. The van der Waals surface area contributed by atoms with Gasteiger partial charge in [0, 0.05) is 19.3 Å². The molecule has 0 radical (unpaired) electrons. The zero-order valence-electron chi connectivity index (χ0n) is 14.2. The summed E-state index contributed by atoms with van der Waals surface area (Å²) in [6.07, 6.45) is -8.45. The van der Waals surface area contributed by atoms with Gasteiger partial charge in [0.2, 0.25) is 0 Å². The zero-order valence-corrected chi connectivity index (χ0v) is 14.2. The van der Waals surface area contributed by atoms with Crippen LogP contribution in [-0.2, 0) is 12.7 Å². The Morgan fingerprint density at radius 2 is 1.71 bits per heavy atom. The molecule has 1 aromatic heterocycles. The number of anilines is 1. The average molecular weight is 406 g/mol. The monoisotopic (exact) mass is 406 g/mol. The van der Waals surface area contributed by atoms with Crippen LogP contribution < -0.4 is 16.0 Å². The van der Waals surface area contributed by atoms with E-state index in [0.29, 0.717) is 17.7 Å². The standard InChI is InChI=1S/C17H16F6N4O/c18-16(19,20)12-6-7-24-14(8-12)27-15(28)26-10-13(17(21,22)23)25-9-11-4-2-1-3-5-11/h1-8,13,25H,9-10H2,(H2,24,26,27,28). The molecule has 0 aliphatic rings. The molecule has 0 fully saturated rings. The average Bonchev–Trinajstić information content (AvgIpc) is 2.61. The first-order valence-electron chi connectivity index (χ1n) is 7.98. The van der Waals surface area contributed by atoms with Crippen molar-refractivity contribution in [2.45, 2.75) is 24.9 Å². The third-order valence-corrected chi connectivity index (χ3v) is 3.59. The fraction of sp³-hybridized carbons (Fsp3) is 0.294. The highest BCUT2D eigenvalue weighted by Crippen LogP contribution is 2.29. The maximum Gasteiger partial charge on any atom is 0.416 e. The van der Waals surface area contributed by atoms with Gasteiger partial charge in [-0.05, 0) is 17.7 Å². The maximum atomic E-state index is 13.1. The Morgan fingerprint density at radius 3 is 2.32 bits per heavy atom. The SMILES string of the molecule is O=C(NCC(NCc1ccccc1)C(F)(F)F)Nc1cc(C(F)(F)F)ccn1. The van der Waals surface area contributed by atoms with E-state index in [4.69, 9.17) is 0 Å². The third kappa shape index (κ3) is 6.72. The second-order valence-electron chi connectivity index (χ2n) is 5.72. The molecule has 152 valence electrons. The van der Waals surface area contributed by atoms with Crippen molar-refractivity contribution in [3.63, 3.8) is 0 Å². The normalized spacial score (nSPS) is 13.1. The number of pyridine rings is 1. The van der Waals surface area contributed by atoms with Gasteiger partial charge in [0.15, 0.2) is 0 Å². The molecule has 1 atom stereocenters. The smallest absolute Gasteiger partial charge is 0.336 e. The number of carbonyl (C=O) groups excluding carboxylic acids is 1. The van der Waals surface area contributed by atoms with E-state index in [1.165, 1.54) is 0 Å². The van der Waals surface area contributed by atoms with Crippen molar-refractivity contribution in [2.24, 2.45) is 0 Å². The van der Waals surface area contributed by atoms with Crippen LogP contribution in [0.1, 0.15) is 11.1 Å². The third-order valence-electron chi connectivity index (χ3n) is 3.59. The molecule has 3 N–H and O–H groups in total. The number of hydrogen-bond acceptors (Lipinski definition) is 3. The summed E-state index contributed by atoms with van der Waals surface area (Å²) >= 11 is 0. The number of aromatic nitrogens is 1. The lowest BCUT2D eigenvalue weighted by molar-refractivity contribution is -0.154. The van der Waals surface area contributed by atoms with Crippen molar-refractivity contribution >= 4 is 11.8 Å². The van der Waals surface area contributed by atoms with E-state index in [1.807, 2.05) is 10.6 Å². The number of urea groups is 1. The summed E-state index contributed by atoms with van der Waals surface area (Å²) in [4.78, 5) is 15.3. The molecule has 0 spiro atoms. The van der Waals surface area contributed by atoms with E-state index >= 15 is 0 Å². The van der Waals surface area contributed by atoms with E-state index in [0.717, 1.165) is 6.20 Å². The van der Waals surface area contributed by atoms with Gasteiger partial charge >= 0.3 is 18.4 Å². The van der Waals surface area contributed by atoms with Gasteiger partial charge in [-0.15, -0.1) is 0 Å². The lowest BCUT2D eigenvalue weighted by Gasteiger charge is -2.22. The molecule has 1 heterocycles. The molecule has 0 bridgehead atoms. The molecule has 1 unspecified atom stereocenters. The highest BCUT2D eigenvalue weighted by molar-refractivity contribution is 5.88. The Morgan fingerprint density at radius 1 is 1.04 bits per heavy atom. The van der Waals surface area contributed by atoms with E-state index in [2.05, 4.69) is 10.3 Å². The molecule has 2 amide bonds. The van der Waals surface area contributed by atoms with Crippen molar-refractivity contribution in [2.75, 3.05) is 11.9 Å². The lowest BCUT2D eigenvalue weighted by atomic mass is 10.2. The summed E-state index contributed by atoms with van der Waals surface area (Å²) in [7, 11) is 0. The van der Waals surface area contributed by atoms with Gasteiger partial charge in [-0.1, -0.05) is 30.3 Å². The minimum atomic E-state index is -4.64. The maximum absolute atomic E-state index is 13.1. The molecular weight excluding hydrogens is 390 g/mol. The Labute approximate surface area is 156 Å². The van der Waals surface area contributed by atoms with Crippen LogP contribution in [0.25, 0.3) is 0 Å². The predicted octanol–water partition coefficient (Wildman–Crippen LogP) is 3.94. The summed E-state index contributed by atoms with van der Waals surface area (Å²) < 4.78 is 77.2. The lowest BCUT2D eigenvalue weighted by Crippen LogP contribution is -2.50. The molecule has 0 saturated carbocycles. The molecule has 0 aliphatic carbocycles. The van der Waals surface area contributed by atoms with E-state index in [9.17, 15) is 31.1 Å². The topological polar surface area (TPSA) is 66.1 Å². The van der Waals surface area contributed by atoms with E-state index in [-0.39, 0.29) is 6.54 Å². The summed E-state index contributed by atoms with van der Waals surface area (Å²) in [6, 6.07) is 6.47. The first-order valence-corrected chi connectivity index (χ1v) is 7.98. The number of carbonyl (C=O) groups is 1. The quantitative estimate of drug-likeness (QED) is 0.637. The van der Waals surface area contributed by atoms with Crippen molar-refractivity contribution in [1.82, 2.24) is 15.6 Å². The molecule has 1 aromatic carbocycles. The molecule has 2 rings (SSSR count). The largest absolute Gasteiger partial charge is 0.416 e. The Kier molecular flexibility index (Phi) is 6.84. The Balaban J connectivity index is 1.92. The van der Waals surface area contributed by atoms with Crippen molar-refractivity contribution in [3.05, 3.63) is 59.8 Å². The number of alkyl halides is 6. The number of benzene rings is 1.